The molecule has 0 aliphatic heterocycles. The lowest BCUT2D eigenvalue weighted by molar-refractivity contribution is 0.756. The summed E-state index contributed by atoms with van der Waals surface area (Å²) in [6.07, 6.45) is 1.71. The number of thioether (sulfide) groups is 1. The van der Waals surface area contributed by atoms with Crippen LogP contribution in [0.1, 0.15) is 5.69 Å². The second-order valence-corrected chi connectivity index (χ2v) is 5.12. The van der Waals surface area contributed by atoms with Gasteiger partial charge in [-0.25, -0.2) is 0 Å². The van der Waals surface area contributed by atoms with Crippen LogP contribution in [-0.2, 0) is 5.75 Å². The molecule has 0 radical (unpaired) electrons. The van der Waals surface area contributed by atoms with E-state index in [1.54, 1.807) is 10.9 Å². The van der Waals surface area contributed by atoms with Crippen LogP contribution in [-0.4, -0.2) is 25.2 Å². The Morgan fingerprint density at radius 2 is 2.05 bits per heavy atom. The summed E-state index contributed by atoms with van der Waals surface area (Å²) < 4.78 is 1.70. The van der Waals surface area contributed by atoms with Gasteiger partial charge in [-0.05, 0) is 34.7 Å². The van der Waals surface area contributed by atoms with Gasteiger partial charge in [0.25, 0.3) is 0 Å². The number of nitrogens with two attached hydrogens (primary N) is 1. The average molecular weight is 299 g/mol. The summed E-state index contributed by atoms with van der Waals surface area (Å²) in [5, 5.41) is 12.5. The molecular formula is C13H13N7S. The van der Waals surface area contributed by atoms with Crippen molar-refractivity contribution in [2.24, 2.45) is 5.84 Å². The molecule has 0 unspecified atom stereocenters. The van der Waals surface area contributed by atoms with Crippen molar-refractivity contribution < 1.29 is 0 Å². The lowest BCUT2D eigenvalue weighted by atomic mass is 10.3. The third-order valence-electron chi connectivity index (χ3n) is 2.77. The Hall–Kier alpha value is -2.45. The quantitative estimate of drug-likeness (QED) is 0.420. The SMILES string of the molecule is NNc1ccnc(CSc2nnnn2-c2ccccc2)c1. The third kappa shape index (κ3) is 3.18. The highest BCUT2D eigenvalue weighted by atomic mass is 32.2. The first-order valence-corrected chi connectivity index (χ1v) is 7.23. The zero-order chi connectivity index (χ0) is 14.5. The predicted octanol–water partition coefficient (Wildman–Crippen LogP) is 1.64. The van der Waals surface area contributed by atoms with E-state index >= 15 is 0 Å². The van der Waals surface area contributed by atoms with Crippen LogP contribution in [0.5, 0.6) is 0 Å². The van der Waals surface area contributed by atoms with Crippen molar-refractivity contribution in [1.82, 2.24) is 25.2 Å². The first-order valence-electron chi connectivity index (χ1n) is 6.25. The fraction of sp³-hybridized carbons (Fsp3) is 0.0769. The van der Waals surface area contributed by atoms with Crippen LogP contribution in [0.3, 0.4) is 0 Å². The molecule has 0 fully saturated rings. The number of tetrazole rings is 1. The molecule has 106 valence electrons. The van der Waals surface area contributed by atoms with E-state index < -0.39 is 0 Å². The van der Waals surface area contributed by atoms with Gasteiger partial charge in [-0.1, -0.05) is 30.0 Å². The maximum absolute atomic E-state index is 5.39. The van der Waals surface area contributed by atoms with Gasteiger partial charge in [0.15, 0.2) is 0 Å². The summed E-state index contributed by atoms with van der Waals surface area (Å²) in [6.45, 7) is 0. The molecule has 0 spiro atoms. The molecule has 1 aromatic carbocycles. The summed E-state index contributed by atoms with van der Waals surface area (Å²) in [4.78, 5) is 4.29. The number of hydrogen-bond donors (Lipinski definition) is 2. The second-order valence-electron chi connectivity index (χ2n) is 4.18. The van der Waals surface area contributed by atoms with E-state index in [1.807, 2.05) is 42.5 Å². The van der Waals surface area contributed by atoms with Gasteiger partial charge in [-0.2, -0.15) is 4.68 Å². The highest BCUT2D eigenvalue weighted by Gasteiger charge is 2.09. The number of pyridine rings is 1. The van der Waals surface area contributed by atoms with E-state index in [2.05, 4.69) is 25.9 Å². The Bertz CT molecular complexity index is 713. The monoisotopic (exact) mass is 299 g/mol. The molecule has 0 atom stereocenters. The predicted molar refractivity (Wildman–Crippen MR) is 80.8 cm³/mol. The maximum Gasteiger partial charge on any atom is 0.214 e. The van der Waals surface area contributed by atoms with E-state index in [9.17, 15) is 0 Å². The minimum atomic E-state index is 0.655. The molecule has 3 N–H and O–H groups in total. The Labute approximate surface area is 125 Å². The number of anilines is 1. The number of hydrogen-bond acceptors (Lipinski definition) is 7. The first-order chi connectivity index (χ1) is 10.4. The zero-order valence-electron chi connectivity index (χ0n) is 11.0. The van der Waals surface area contributed by atoms with Crippen molar-refractivity contribution in [2.45, 2.75) is 10.9 Å². The van der Waals surface area contributed by atoms with Gasteiger partial charge >= 0.3 is 0 Å². The van der Waals surface area contributed by atoms with Crippen LogP contribution in [0, 0.1) is 0 Å². The van der Waals surface area contributed by atoms with Gasteiger partial charge < -0.3 is 5.43 Å². The molecule has 0 bridgehead atoms. The minimum absolute atomic E-state index is 0.655. The molecular weight excluding hydrogens is 286 g/mol. The number of benzene rings is 1. The molecule has 7 nitrogen and oxygen atoms in total. The maximum atomic E-state index is 5.39. The Balaban J connectivity index is 1.76. The molecule has 0 saturated carbocycles. The minimum Gasteiger partial charge on any atom is -0.324 e. The van der Waals surface area contributed by atoms with Gasteiger partial charge in [0.2, 0.25) is 5.16 Å². The van der Waals surface area contributed by atoms with Crippen LogP contribution < -0.4 is 11.3 Å². The highest BCUT2D eigenvalue weighted by Crippen LogP contribution is 2.22. The van der Waals surface area contributed by atoms with Gasteiger partial charge in [-0.3, -0.25) is 10.8 Å². The van der Waals surface area contributed by atoms with E-state index in [0.717, 1.165) is 17.1 Å². The van der Waals surface area contributed by atoms with Crippen molar-refractivity contribution in [3.8, 4) is 5.69 Å². The van der Waals surface area contributed by atoms with Gasteiger partial charge in [0.05, 0.1) is 17.1 Å². The van der Waals surface area contributed by atoms with Crippen LogP contribution in [0.2, 0.25) is 0 Å². The molecule has 8 heteroatoms. The van der Waals surface area contributed by atoms with Crippen molar-refractivity contribution in [2.75, 3.05) is 5.43 Å². The number of aromatic nitrogens is 5. The van der Waals surface area contributed by atoms with E-state index in [-0.39, 0.29) is 0 Å². The number of nitrogens with zero attached hydrogens (tertiary/aromatic N) is 5. The summed E-state index contributed by atoms with van der Waals surface area (Å²) in [5.74, 6) is 6.04. The summed E-state index contributed by atoms with van der Waals surface area (Å²) in [5.41, 5.74) is 5.25. The van der Waals surface area contributed by atoms with Gasteiger partial charge in [-0.15, -0.1) is 5.10 Å². The van der Waals surface area contributed by atoms with Gasteiger partial charge in [0, 0.05) is 11.9 Å². The molecule has 0 aliphatic rings. The normalized spacial score (nSPS) is 10.5. The van der Waals surface area contributed by atoms with Crippen LogP contribution in [0.15, 0.2) is 53.8 Å². The lowest BCUT2D eigenvalue weighted by Crippen LogP contribution is -2.07. The number of nitrogen functional groups attached to an aromatic ring is 1. The zero-order valence-corrected chi connectivity index (χ0v) is 11.9. The standard InChI is InChI=1S/C13H13N7S/c14-16-10-6-7-15-11(8-10)9-21-13-17-18-19-20(13)12-4-2-1-3-5-12/h1-8H,9,14H2,(H,15,16). The molecule has 3 rings (SSSR count). The van der Waals surface area contributed by atoms with Crippen molar-refractivity contribution in [1.29, 1.82) is 0 Å². The van der Waals surface area contributed by atoms with Crippen molar-refractivity contribution >= 4 is 17.4 Å². The summed E-state index contributed by atoms with van der Waals surface area (Å²) in [6, 6.07) is 13.5. The number of nitrogens with one attached hydrogen (secondary N) is 1. The average Bonchev–Trinajstić information content (AvgIpc) is 3.02. The van der Waals surface area contributed by atoms with Crippen LogP contribution in [0.25, 0.3) is 5.69 Å². The number of rotatable bonds is 5. The van der Waals surface area contributed by atoms with Crippen LogP contribution >= 0.6 is 11.8 Å². The Kier molecular flexibility index (Phi) is 4.08. The molecule has 0 aliphatic carbocycles. The lowest BCUT2D eigenvalue weighted by Gasteiger charge is -2.05. The van der Waals surface area contributed by atoms with Crippen molar-refractivity contribution in [3.05, 3.63) is 54.4 Å². The second kappa shape index (κ2) is 6.33. The third-order valence-corrected chi connectivity index (χ3v) is 3.73. The molecule has 21 heavy (non-hydrogen) atoms. The number of para-hydroxylation sites is 1. The molecule has 0 amide bonds. The highest BCUT2D eigenvalue weighted by molar-refractivity contribution is 7.98. The van der Waals surface area contributed by atoms with E-state index in [4.69, 9.17) is 5.84 Å². The van der Waals surface area contributed by atoms with E-state index in [0.29, 0.717) is 10.9 Å². The van der Waals surface area contributed by atoms with Gasteiger partial charge in [0.1, 0.15) is 0 Å². The molecule has 0 saturated heterocycles. The smallest absolute Gasteiger partial charge is 0.214 e. The van der Waals surface area contributed by atoms with Crippen LogP contribution in [0.4, 0.5) is 5.69 Å². The molecule has 3 aromatic rings. The largest absolute Gasteiger partial charge is 0.324 e. The summed E-state index contributed by atoms with van der Waals surface area (Å²) in [7, 11) is 0. The Morgan fingerprint density at radius 1 is 1.19 bits per heavy atom. The van der Waals surface area contributed by atoms with E-state index in [1.165, 1.54) is 11.8 Å². The topological polar surface area (TPSA) is 94.5 Å². The molecule has 2 aromatic heterocycles. The Morgan fingerprint density at radius 3 is 2.86 bits per heavy atom. The van der Waals surface area contributed by atoms with Crippen molar-refractivity contribution in [3.63, 3.8) is 0 Å². The molecule has 2 heterocycles. The number of hydrazine groups is 1. The fourth-order valence-corrected chi connectivity index (χ4v) is 2.58. The summed E-state index contributed by atoms with van der Waals surface area (Å²) >= 11 is 1.52. The fourth-order valence-electron chi connectivity index (χ4n) is 1.79. The first kappa shape index (κ1) is 13.5.